The minimum Gasteiger partial charge on any atom is -0.453 e. The molecule has 0 bridgehead atoms. The van der Waals surface area contributed by atoms with Crippen molar-refractivity contribution < 1.29 is 23.1 Å². The molecule has 2 aromatic rings. The third kappa shape index (κ3) is 4.54. The average Bonchev–Trinajstić information content (AvgIpc) is 3.09. The summed E-state index contributed by atoms with van der Waals surface area (Å²) in [4.78, 5) is 11.8. The first-order chi connectivity index (χ1) is 11.2. The van der Waals surface area contributed by atoms with Gasteiger partial charge in [0.05, 0.1) is 12.0 Å². The van der Waals surface area contributed by atoms with E-state index in [1.54, 1.807) is 19.1 Å². The normalized spacial score (nSPS) is 14.0. The zero-order valence-corrected chi connectivity index (χ0v) is 14.8. The number of methoxy groups -OCH3 is 1. The number of ether oxygens (including phenoxy) is 1. The number of aliphatic hydroxyl groups is 1. The number of amides is 1. The van der Waals surface area contributed by atoms with Gasteiger partial charge in [-0.2, -0.15) is 0 Å². The lowest BCUT2D eigenvalue weighted by Crippen LogP contribution is -2.38. The third-order valence-corrected chi connectivity index (χ3v) is 5.79. The van der Waals surface area contributed by atoms with Gasteiger partial charge in [0.25, 0.3) is 0 Å². The minimum absolute atomic E-state index is 0.0277. The Morgan fingerprint density at radius 2 is 1.96 bits per heavy atom. The molecule has 1 amide bonds. The molecule has 1 heterocycles. The summed E-state index contributed by atoms with van der Waals surface area (Å²) in [5, 5.41) is 14.6. The van der Waals surface area contributed by atoms with Crippen LogP contribution < -0.4 is 10.0 Å². The van der Waals surface area contributed by atoms with Crippen molar-refractivity contribution >= 4 is 33.1 Å². The Labute approximate surface area is 144 Å². The molecule has 0 aliphatic heterocycles. The molecule has 2 rings (SSSR count). The predicted octanol–water partition coefficient (Wildman–Crippen LogP) is 2.11. The fraction of sp³-hybridized carbons (Fsp3) is 0.267. The van der Waals surface area contributed by atoms with E-state index in [-0.39, 0.29) is 11.4 Å². The van der Waals surface area contributed by atoms with E-state index in [2.05, 4.69) is 14.8 Å². The molecule has 1 aromatic heterocycles. The molecule has 0 radical (unpaired) electrons. The second-order valence-corrected chi connectivity index (χ2v) is 7.93. The average molecular weight is 370 g/mol. The van der Waals surface area contributed by atoms with Crippen molar-refractivity contribution in [3.63, 3.8) is 0 Å². The maximum absolute atomic E-state index is 12.3. The summed E-state index contributed by atoms with van der Waals surface area (Å²) in [7, 11) is -2.55. The van der Waals surface area contributed by atoms with Crippen molar-refractivity contribution in [2.24, 2.45) is 0 Å². The molecule has 0 fully saturated rings. The Balaban J connectivity index is 2.06. The Hall–Kier alpha value is -1.94. The highest BCUT2D eigenvalue weighted by molar-refractivity contribution is 7.89. The largest absolute Gasteiger partial charge is 0.453 e. The van der Waals surface area contributed by atoms with Crippen molar-refractivity contribution in [1.29, 1.82) is 0 Å². The van der Waals surface area contributed by atoms with E-state index >= 15 is 0 Å². The number of nitrogens with one attached hydrogen (secondary N) is 2. The van der Waals surface area contributed by atoms with Crippen LogP contribution in [0.5, 0.6) is 0 Å². The quantitative estimate of drug-likeness (QED) is 0.722. The topological polar surface area (TPSA) is 105 Å². The Bertz CT molecular complexity index is 784. The molecule has 130 valence electrons. The first-order valence-corrected chi connectivity index (χ1v) is 9.32. The minimum atomic E-state index is -3.78. The first kappa shape index (κ1) is 18.4. The molecule has 0 unspecified atom stereocenters. The highest BCUT2D eigenvalue weighted by Crippen LogP contribution is 2.25. The number of anilines is 1. The molecule has 9 heteroatoms. The highest BCUT2D eigenvalue weighted by Gasteiger charge is 2.27. The van der Waals surface area contributed by atoms with Crippen molar-refractivity contribution in [1.82, 2.24) is 4.72 Å². The molecule has 0 aliphatic rings. The van der Waals surface area contributed by atoms with Crippen molar-refractivity contribution in [2.75, 3.05) is 19.0 Å². The highest BCUT2D eigenvalue weighted by atomic mass is 32.2. The molecule has 0 saturated carbocycles. The number of thiophene rings is 1. The van der Waals surface area contributed by atoms with E-state index in [1.165, 1.54) is 42.7 Å². The zero-order chi connectivity index (χ0) is 17.8. The molecular formula is C15H18N2O5S2. The number of carbonyl (C=O) groups excluding carboxylic acids is 1. The van der Waals surface area contributed by atoms with Gasteiger partial charge in [-0.25, -0.2) is 17.9 Å². The summed E-state index contributed by atoms with van der Waals surface area (Å²) < 4.78 is 31.5. The molecular weight excluding hydrogens is 352 g/mol. The monoisotopic (exact) mass is 370 g/mol. The Kier molecular flexibility index (Phi) is 5.60. The lowest BCUT2D eigenvalue weighted by atomic mass is 10.1. The number of benzene rings is 1. The summed E-state index contributed by atoms with van der Waals surface area (Å²) in [6.45, 7) is 1.39. The molecule has 0 spiro atoms. The van der Waals surface area contributed by atoms with E-state index in [0.29, 0.717) is 10.6 Å². The van der Waals surface area contributed by atoms with Crippen LogP contribution in [0.2, 0.25) is 0 Å². The number of hydrogen-bond acceptors (Lipinski definition) is 6. The zero-order valence-electron chi connectivity index (χ0n) is 13.1. The molecule has 0 aliphatic carbocycles. The molecule has 0 saturated heterocycles. The van der Waals surface area contributed by atoms with Gasteiger partial charge in [-0.1, -0.05) is 6.07 Å². The van der Waals surface area contributed by atoms with Gasteiger partial charge in [-0.15, -0.1) is 11.3 Å². The van der Waals surface area contributed by atoms with E-state index in [9.17, 15) is 18.3 Å². The molecule has 1 atom stereocenters. The second kappa shape index (κ2) is 7.31. The van der Waals surface area contributed by atoms with Gasteiger partial charge in [0.1, 0.15) is 5.60 Å². The van der Waals surface area contributed by atoms with Gasteiger partial charge in [-0.3, -0.25) is 5.32 Å². The lowest BCUT2D eigenvalue weighted by molar-refractivity contribution is 0.0666. The molecule has 7 nitrogen and oxygen atoms in total. The van der Waals surface area contributed by atoms with Crippen LogP contribution in [0, 0.1) is 0 Å². The summed E-state index contributed by atoms with van der Waals surface area (Å²) >= 11 is 1.35. The van der Waals surface area contributed by atoms with Gasteiger partial charge < -0.3 is 9.84 Å². The molecule has 3 N–H and O–H groups in total. The van der Waals surface area contributed by atoms with Crippen LogP contribution in [0.15, 0.2) is 46.7 Å². The molecule has 24 heavy (non-hydrogen) atoms. The van der Waals surface area contributed by atoms with E-state index in [1.807, 2.05) is 5.38 Å². The maximum Gasteiger partial charge on any atom is 0.411 e. The van der Waals surface area contributed by atoms with Crippen LogP contribution in [-0.2, 0) is 20.4 Å². The van der Waals surface area contributed by atoms with E-state index in [0.717, 1.165) is 0 Å². The summed E-state index contributed by atoms with van der Waals surface area (Å²) in [6, 6.07) is 9.13. The molecule has 1 aromatic carbocycles. The number of rotatable bonds is 6. The maximum atomic E-state index is 12.3. The summed E-state index contributed by atoms with van der Waals surface area (Å²) in [5.41, 5.74) is -0.889. The predicted molar refractivity (Wildman–Crippen MR) is 91.5 cm³/mol. The van der Waals surface area contributed by atoms with Crippen LogP contribution in [0.25, 0.3) is 0 Å². The fourth-order valence-electron chi connectivity index (χ4n) is 1.88. The lowest BCUT2D eigenvalue weighted by Gasteiger charge is -2.22. The van der Waals surface area contributed by atoms with Gasteiger partial charge in [0.2, 0.25) is 10.0 Å². The van der Waals surface area contributed by atoms with Gasteiger partial charge >= 0.3 is 6.09 Å². The van der Waals surface area contributed by atoms with E-state index in [4.69, 9.17) is 0 Å². The second-order valence-electron chi connectivity index (χ2n) is 5.22. The van der Waals surface area contributed by atoms with Crippen LogP contribution in [-0.4, -0.2) is 33.3 Å². The van der Waals surface area contributed by atoms with Gasteiger partial charge in [0, 0.05) is 17.1 Å². The number of sulfonamides is 1. The Morgan fingerprint density at radius 1 is 1.29 bits per heavy atom. The van der Waals surface area contributed by atoms with Crippen LogP contribution in [0.1, 0.15) is 11.8 Å². The van der Waals surface area contributed by atoms with Crippen LogP contribution in [0.4, 0.5) is 10.5 Å². The fourth-order valence-corrected chi connectivity index (χ4v) is 3.80. The first-order valence-electron chi connectivity index (χ1n) is 6.96. The van der Waals surface area contributed by atoms with Crippen LogP contribution in [0.3, 0.4) is 0 Å². The van der Waals surface area contributed by atoms with Crippen LogP contribution >= 0.6 is 11.3 Å². The Morgan fingerprint density at radius 3 is 2.50 bits per heavy atom. The van der Waals surface area contributed by atoms with E-state index < -0.39 is 21.7 Å². The summed E-state index contributed by atoms with van der Waals surface area (Å²) in [6.07, 6.45) is -0.643. The number of hydrogen-bond donors (Lipinski definition) is 3. The summed E-state index contributed by atoms with van der Waals surface area (Å²) in [5.74, 6) is 0. The smallest absolute Gasteiger partial charge is 0.411 e. The number of carbonyl (C=O) groups is 1. The van der Waals surface area contributed by atoms with Crippen molar-refractivity contribution in [2.45, 2.75) is 17.4 Å². The SMILES string of the molecule is COC(=O)Nc1ccc(S(=O)(=O)NC[C@](C)(O)c2cccs2)cc1. The van der Waals surface area contributed by atoms with Crippen molar-refractivity contribution in [3.05, 3.63) is 46.7 Å². The van der Waals surface area contributed by atoms with Gasteiger partial charge in [-0.05, 0) is 42.6 Å². The third-order valence-electron chi connectivity index (χ3n) is 3.25. The van der Waals surface area contributed by atoms with Crippen molar-refractivity contribution in [3.8, 4) is 0 Å². The standard InChI is InChI=1S/C15H18N2O5S2/c1-15(19,13-4-3-9-23-13)10-16-24(20,21)12-7-5-11(6-8-12)17-14(18)22-2/h3-9,16,19H,10H2,1-2H3,(H,17,18)/t15-/m0/s1. The van der Waals surface area contributed by atoms with Gasteiger partial charge in [0.15, 0.2) is 0 Å².